The molecule has 1 aromatic heterocycles. The molecule has 2 aliphatic rings. The van der Waals surface area contributed by atoms with E-state index in [1.165, 1.54) is 4.31 Å². The molecular weight excluding hydrogens is 362 g/mol. The van der Waals surface area contributed by atoms with Gasteiger partial charge in [0.25, 0.3) is 0 Å². The van der Waals surface area contributed by atoms with Gasteiger partial charge in [-0.1, -0.05) is 0 Å². The predicted octanol–water partition coefficient (Wildman–Crippen LogP) is 2.68. The molecule has 0 spiro atoms. The summed E-state index contributed by atoms with van der Waals surface area (Å²) in [7, 11) is -3.99. The van der Waals surface area contributed by atoms with Gasteiger partial charge in [0.15, 0.2) is 0 Å². The van der Waals surface area contributed by atoms with E-state index >= 15 is 0 Å². The highest BCUT2D eigenvalue weighted by Gasteiger charge is 2.37. The average molecular weight is 382 g/mol. The maximum Gasteiger partial charge on any atom is 0.246 e. The summed E-state index contributed by atoms with van der Waals surface area (Å²) in [6.45, 7) is 0.346. The van der Waals surface area contributed by atoms with Crippen molar-refractivity contribution < 1.29 is 17.2 Å². The van der Waals surface area contributed by atoms with E-state index in [0.717, 1.165) is 43.6 Å². The lowest BCUT2D eigenvalue weighted by Crippen LogP contribution is -2.36. The molecule has 4 rings (SSSR count). The highest BCUT2D eigenvalue weighted by molar-refractivity contribution is 7.89. The smallest absolute Gasteiger partial charge is 0.246 e. The summed E-state index contributed by atoms with van der Waals surface area (Å²) < 4.78 is 56.2. The number of aryl methyl sites for hydroxylation is 1. The lowest BCUT2D eigenvalue weighted by Gasteiger charge is -2.24. The van der Waals surface area contributed by atoms with Crippen LogP contribution in [0.2, 0.25) is 0 Å². The predicted molar refractivity (Wildman–Crippen MR) is 89.9 cm³/mol. The van der Waals surface area contributed by atoms with Crippen LogP contribution in [0.15, 0.2) is 29.4 Å². The van der Waals surface area contributed by atoms with E-state index in [-0.39, 0.29) is 6.04 Å². The van der Waals surface area contributed by atoms with E-state index in [0.29, 0.717) is 31.5 Å². The quantitative estimate of drug-likeness (QED) is 0.770. The molecular formula is C17H20F2N4O2S. The monoisotopic (exact) mass is 382 g/mol. The van der Waals surface area contributed by atoms with Gasteiger partial charge in [-0.15, -0.1) is 10.2 Å². The van der Waals surface area contributed by atoms with Crippen LogP contribution in [0.5, 0.6) is 0 Å². The molecule has 140 valence electrons. The van der Waals surface area contributed by atoms with Gasteiger partial charge >= 0.3 is 0 Å². The highest BCUT2D eigenvalue weighted by atomic mass is 32.2. The standard InChI is InChI=1S/C17H20F2N4O2S/c18-12-3-7-16(15(19)10-12)26(24,25)23-9-1-2-14(23)6-8-17-21-20-11-22(17)13-4-5-13/h3,7,10-11,13-14H,1-2,4-6,8-9H2. The third kappa shape index (κ3) is 3.25. The van der Waals surface area contributed by atoms with Crippen molar-refractivity contribution in [2.75, 3.05) is 6.54 Å². The lowest BCUT2D eigenvalue weighted by atomic mass is 10.1. The molecule has 26 heavy (non-hydrogen) atoms. The summed E-state index contributed by atoms with van der Waals surface area (Å²) in [6, 6.07) is 2.83. The molecule has 6 nitrogen and oxygen atoms in total. The number of nitrogens with zero attached hydrogens (tertiary/aromatic N) is 4. The number of hydrogen-bond acceptors (Lipinski definition) is 4. The Balaban J connectivity index is 1.51. The van der Waals surface area contributed by atoms with Crippen LogP contribution in [0, 0.1) is 11.6 Å². The summed E-state index contributed by atoms with van der Waals surface area (Å²) >= 11 is 0. The molecule has 0 radical (unpaired) electrons. The number of aromatic nitrogens is 3. The Bertz CT molecular complexity index is 911. The van der Waals surface area contributed by atoms with Crippen molar-refractivity contribution in [3.05, 3.63) is 42.0 Å². The van der Waals surface area contributed by atoms with Crippen LogP contribution in [-0.2, 0) is 16.4 Å². The molecule has 0 bridgehead atoms. The summed E-state index contributed by atoms with van der Waals surface area (Å²) in [5.74, 6) is -0.979. The van der Waals surface area contributed by atoms with Crippen LogP contribution in [-0.4, -0.2) is 40.1 Å². The van der Waals surface area contributed by atoms with Gasteiger partial charge in [0.2, 0.25) is 10.0 Å². The van der Waals surface area contributed by atoms with Crippen molar-refractivity contribution in [3.63, 3.8) is 0 Å². The minimum Gasteiger partial charge on any atom is -0.314 e. The third-order valence-electron chi connectivity index (χ3n) is 5.09. The minimum absolute atomic E-state index is 0.214. The number of rotatable bonds is 6. The normalized spacial score (nSPS) is 21.4. The minimum atomic E-state index is -3.99. The van der Waals surface area contributed by atoms with Crippen molar-refractivity contribution in [2.24, 2.45) is 0 Å². The molecule has 1 aliphatic heterocycles. The Kier molecular flexibility index (Phi) is 4.52. The fraction of sp³-hybridized carbons (Fsp3) is 0.529. The lowest BCUT2D eigenvalue weighted by molar-refractivity contribution is 0.365. The second-order valence-corrected chi connectivity index (χ2v) is 8.77. The fourth-order valence-corrected chi connectivity index (χ4v) is 5.39. The molecule has 1 saturated carbocycles. The van der Waals surface area contributed by atoms with Gasteiger partial charge in [0.05, 0.1) is 0 Å². The van der Waals surface area contributed by atoms with Crippen molar-refractivity contribution in [1.29, 1.82) is 0 Å². The van der Waals surface area contributed by atoms with Gasteiger partial charge in [-0.3, -0.25) is 0 Å². The van der Waals surface area contributed by atoms with E-state index in [4.69, 9.17) is 0 Å². The Labute approximate surface area is 150 Å². The molecule has 2 heterocycles. The second-order valence-electron chi connectivity index (χ2n) is 6.91. The van der Waals surface area contributed by atoms with Crippen LogP contribution in [0.3, 0.4) is 0 Å². The number of benzene rings is 1. The molecule has 1 atom stereocenters. The second kappa shape index (κ2) is 6.70. The highest BCUT2D eigenvalue weighted by Crippen LogP contribution is 2.36. The summed E-state index contributed by atoms with van der Waals surface area (Å²) in [6.07, 6.45) is 6.65. The van der Waals surface area contributed by atoms with Gasteiger partial charge in [-0.25, -0.2) is 17.2 Å². The van der Waals surface area contributed by atoms with Gasteiger partial charge in [0, 0.05) is 31.1 Å². The number of sulfonamides is 1. The van der Waals surface area contributed by atoms with Gasteiger partial charge in [-0.05, 0) is 44.2 Å². The van der Waals surface area contributed by atoms with E-state index < -0.39 is 26.6 Å². The maximum atomic E-state index is 14.0. The largest absolute Gasteiger partial charge is 0.314 e. The third-order valence-corrected chi connectivity index (χ3v) is 7.08. The topological polar surface area (TPSA) is 68.1 Å². The van der Waals surface area contributed by atoms with Crippen LogP contribution in [0.1, 0.15) is 44.0 Å². The average Bonchev–Trinajstić information content (AvgIpc) is 3.13. The van der Waals surface area contributed by atoms with E-state index in [1.54, 1.807) is 6.33 Å². The van der Waals surface area contributed by atoms with Crippen molar-refractivity contribution in [1.82, 2.24) is 19.1 Å². The Morgan fingerprint density at radius 2 is 2.00 bits per heavy atom. The van der Waals surface area contributed by atoms with Crippen molar-refractivity contribution in [2.45, 2.75) is 55.5 Å². The molecule has 2 fully saturated rings. The molecule has 1 aliphatic carbocycles. The molecule has 0 amide bonds. The van der Waals surface area contributed by atoms with Crippen molar-refractivity contribution >= 4 is 10.0 Å². The maximum absolute atomic E-state index is 14.0. The Morgan fingerprint density at radius 1 is 1.19 bits per heavy atom. The summed E-state index contributed by atoms with van der Waals surface area (Å²) in [5, 5.41) is 8.11. The first-order valence-corrected chi connectivity index (χ1v) is 10.3. The first-order chi connectivity index (χ1) is 12.5. The van der Waals surface area contributed by atoms with Gasteiger partial charge in [-0.2, -0.15) is 4.31 Å². The Morgan fingerprint density at radius 3 is 2.73 bits per heavy atom. The molecule has 1 aromatic carbocycles. The Hall–Kier alpha value is -1.87. The summed E-state index contributed by atoms with van der Waals surface area (Å²) in [5.41, 5.74) is 0. The van der Waals surface area contributed by atoms with Crippen molar-refractivity contribution in [3.8, 4) is 0 Å². The SMILES string of the molecule is O=S(=O)(c1ccc(F)cc1F)N1CCCC1CCc1nncn1C1CC1. The van der Waals surface area contributed by atoms with E-state index in [2.05, 4.69) is 14.8 Å². The van der Waals surface area contributed by atoms with Crippen LogP contribution in [0.4, 0.5) is 8.78 Å². The van der Waals surface area contributed by atoms with Gasteiger partial charge < -0.3 is 4.57 Å². The zero-order chi connectivity index (χ0) is 18.3. The zero-order valence-corrected chi connectivity index (χ0v) is 15.0. The number of halogens is 2. The molecule has 1 saturated heterocycles. The molecule has 0 N–H and O–H groups in total. The first-order valence-electron chi connectivity index (χ1n) is 8.82. The summed E-state index contributed by atoms with van der Waals surface area (Å²) in [4.78, 5) is -0.466. The van der Waals surface area contributed by atoms with E-state index in [9.17, 15) is 17.2 Å². The zero-order valence-electron chi connectivity index (χ0n) is 14.2. The van der Waals surface area contributed by atoms with Crippen LogP contribution >= 0.6 is 0 Å². The first kappa shape index (κ1) is 17.5. The fourth-order valence-electron chi connectivity index (χ4n) is 3.62. The van der Waals surface area contributed by atoms with Gasteiger partial charge in [0.1, 0.15) is 28.7 Å². The number of hydrogen-bond donors (Lipinski definition) is 0. The van der Waals surface area contributed by atoms with Crippen LogP contribution < -0.4 is 0 Å². The molecule has 2 aromatic rings. The van der Waals surface area contributed by atoms with Crippen LogP contribution in [0.25, 0.3) is 0 Å². The van der Waals surface area contributed by atoms with E-state index in [1.807, 2.05) is 0 Å². The molecule has 1 unspecified atom stereocenters. The molecule has 9 heteroatoms.